The van der Waals surface area contributed by atoms with Crippen LogP contribution in [0.5, 0.6) is 0 Å². The van der Waals surface area contributed by atoms with E-state index in [9.17, 15) is 0 Å². The molecule has 0 N–H and O–H groups in total. The largest absolute Gasteiger partial charge is 0.494 e. The molecule has 2 nitrogen and oxygen atoms in total. The molecule has 6 rings (SSSR count). The van der Waals surface area contributed by atoms with E-state index in [1.807, 2.05) is 11.3 Å². The molecule has 2 heterocycles. The van der Waals surface area contributed by atoms with Crippen molar-refractivity contribution >= 4 is 54.9 Å². The predicted octanol–water partition coefficient (Wildman–Crippen LogP) is 7.17. The average molecular weight is 436 g/mol. The van der Waals surface area contributed by atoms with E-state index in [4.69, 9.17) is 9.31 Å². The molecule has 158 valence electrons. The number of hydrogen-bond acceptors (Lipinski definition) is 3. The van der Waals surface area contributed by atoms with Crippen molar-refractivity contribution in [2.24, 2.45) is 0 Å². The summed E-state index contributed by atoms with van der Waals surface area (Å²) in [4.78, 5) is 0. The summed E-state index contributed by atoms with van der Waals surface area (Å²) in [6, 6.07) is 28.6. The van der Waals surface area contributed by atoms with Crippen molar-refractivity contribution in [1.82, 2.24) is 0 Å². The SMILES string of the molecule is CC1(C)OB(c2ccc3sc4cc(-c5cccc6ccccc56)ccc4c3c2)OC1(C)C. The van der Waals surface area contributed by atoms with Crippen molar-refractivity contribution in [3.63, 3.8) is 0 Å². The van der Waals surface area contributed by atoms with Crippen LogP contribution in [0.4, 0.5) is 0 Å². The van der Waals surface area contributed by atoms with Crippen molar-refractivity contribution in [3.8, 4) is 11.1 Å². The minimum atomic E-state index is -0.339. The standard InChI is InChI=1S/C28H25BO2S/c1-27(2)28(3,4)31-29(30-27)20-13-15-25-24(17-20)23-14-12-19(16-26(23)32-25)22-11-7-9-18-8-5-6-10-21(18)22/h5-17H,1-4H3. The van der Waals surface area contributed by atoms with E-state index in [-0.39, 0.29) is 18.3 Å². The summed E-state index contributed by atoms with van der Waals surface area (Å²) in [7, 11) is -0.339. The summed E-state index contributed by atoms with van der Waals surface area (Å²) >= 11 is 1.85. The van der Waals surface area contributed by atoms with Crippen LogP contribution in [0.25, 0.3) is 42.1 Å². The average Bonchev–Trinajstić information content (AvgIpc) is 3.25. The van der Waals surface area contributed by atoms with Gasteiger partial charge >= 0.3 is 7.12 Å². The van der Waals surface area contributed by atoms with Crippen molar-refractivity contribution < 1.29 is 9.31 Å². The van der Waals surface area contributed by atoms with Gasteiger partial charge in [-0.2, -0.15) is 0 Å². The highest BCUT2D eigenvalue weighted by Gasteiger charge is 2.51. The first kappa shape index (κ1) is 20.0. The monoisotopic (exact) mass is 436 g/mol. The van der Waals surface area contributed by atoms with Gasteiger partial charge in [0, 0.05) is 14.8 Å². The molecular formula is C28H25BO2S. The Balaban J connectivity index is 1.45. The second-order valence-corrected chi connectivity index (χ2v) is 10.8. The van der Waals surface area contributed by atoms with Gasteiger partial charge in [-0.25, -0.2) is 0 Å². The summed E-state index contributed by atoms with van der Waals surface area (Å²) < 4.78 is 15.2. The van der Waals surface area contributed by atoms with Crippen LogP contribution in [-0.4, -0.2) is 18.3 Å². The number of benzene rings is 4. The molecule has 0 saturated carbocycles. The Kier molecular flexibility index (Phi) is 4.32. The lowest BCUT2D eigenvalue weighted by atomic mass is 9.78. The van der Waals surface area contributed by atoms with Gasteiger partial charge in [-0.15, -0.1) is 11.3 Å². The Morgan fingerprint density at radius 2 is 1.41 bits per heavy atom. The van der Waals surface area contributed by atoms with Crippen LogP contribution in [0.3, 0.4) is 0 Å². The molecule has 0 atom stereocenters. The molecule has 5 aromatic rings. The van der Waals surface area contributed by atoms with E-state index in [0.29, 0.717) is 0 Å². The zero-order valence-corrected chi connectivity index (χ0v) is 19.6. The zero-order chi connectivity index (χ0) is 22.1. The number of thiophene rings is 1. The summed E-state index contributed by atoms with van der Waals surface area (Å²) in [5.74, 6) is 0. The lowest BCUT2D eigenvalue weighted by molar-refractivity contribution is 0.00578. The molecule has 1 saturated heterocycles. The van der Waals surface area contributed by atoms with Crippen molar-refractivity contribution in [1.29, 1.82) is 0 Å². The highest BCUT2D eigenvalue weighted by atomic mass is 32.1. The van der Waals surface area contributed by atoms with Crippen LogP contribution >= 0.6 is 11.3 Å². The fourth-order valence-electron chi connectivity index (χ4n) is 4.57. The summed E-state index contributed by atoms with van der Waals surface area (Å²) in [6.07, 6.45) is 0. The Labute approximate surface area is 192 Å². The van der Waals surface area contributed by atoms with E-state index in [0.717, 1.165) is 5.46 Å². The van der Waals surface area contributed by atoms with Gasteiger partial charge in [0.2, 0.25) is 0 Å². The minimum Gasteiger partial charge on any atom is -0.399 e. The fourth-order valence-corrected chi connectivity index (χ4v) is 5.69. The van der Waals surface area contributed by atoms with Gasteiger partial charge in [0.25, 0.3) is 0 Å². The van der Waals surface area contributed by atoms with Gasteiger partial charge in [-0.3, -0.25) is 0 Å². The summed E-state index contributed by atoms with van der Waals surface area (Å²) in [6.45, 7) is 8.39. The minimum absolute atomic E-state index is 0.337. The van der Waals surface area contributed by atoms with E-state index >= 15 is 0 Å². The third kappa shape index (κ3) is 3.01. The highest BCUT2D eigenvalue weighted by Crippen LogP contribution is 2.39. The lowest BCUT2D eigenvalue weighted by Gasteiger charge is -2.32. The van der Waals surface area contributed by atoms with Crippen LogP contribution in [0.1, 0.15) is 27.7 Å². The third-order valence-corrected chi connectivity index (χ3v) is 8.25. The summed E-state index contributed by atoms with van der Waals surface area (Å²) in [5.41, 5.74) is 2.94. The van der Waals surface area contributed by atoms with Gasteiger partial charge < -0.3 is 9.31 Å². The molecule has 4 heteroatoms. The molecule has 32 heavy (non-hydrogen) atoms. The molecule has 0 spiro atoms. The highest BCUT2D eigenvalue weighted by molar-refractivity contribution is 7.25. The molecule has 0 unspecified atom stereocenters. The van der Waals surface area contributed by atoms with Crippen molar-refractivity contribution in [3.05, 3.63) is 78.9 Å². The first-order valence-corrected chi connectivity index (χ1v) is 11.9. The normalized spacial score (nSPS) is 17.6. The Bertz CT molecular complexity index is 1480. The molecule has 0 radical (unpaired) electrons. The van der Waals surface area contributed by atoms with Gasteiger partial charge in [0.1, 0.15) is 0 Å². The topological polar surface area (TPSA) is 18.5 Å². The first-order chi connectivity index (χ1) is 15.3. The van der Waals surface area contributed by atoms with E-state index < -0.39 is 0 Å². The van der Waals surface area contributed by atoms with E-state index in [1.54, 1.807) is 0 Å². The second-order valence-electron chi connectivity index (χ2n) is 9.68. The fraction of sp³-hybridized carbons (Fsp3) is 0.214. The summed E-state index contributed by atoms with van der Waals surface area (Å²) in [5, 5.41) is 5.11. The van der Waals surface area contributed by atoms with Crippen LogP contribution in [0.2, 0.25) is 0 Å². The molecule has 0 bridgehead atoms. The number of hydrogen-bond donors (Lipinski definition) is 0. The van der Waals surface area contributed by atoms with Crippen molar-refractivity contribution in [2.75, 3.05) is 0 Å². The third-order valence-electron chi connectivity index (χ3n) is 7.12. The Morgan fingerprint density at radius 3 is 2.22 bits per heavy atom. The second kappa shape index (κ2) is 6.92. The van der Waals surface area contributed by atoms with Crippen LogP contribution in [-0.2, 0) is 9.31 Å². The molecule has 0 aliphatic carbocycles. The first-order valence-electron chi connectivity index (χ1n) is 11.1. The molecule has 1 aliphatic rings. The van der Waals surface area contributed by atoms with Gasteiger partial charge in [0.05, 0.1) is 11.2 Å². The van der Waals surface area contributed by atoms with E-state index in [2.05, 4.69) is 107 Å². The van der Waals surface area contributed by atoms with E-state index in [1.165, 1.54) is 42.1 Å². The molecule has 4 aromatic carbocycles. The van der Waals surface area contributed by atoms with Crippen molar-refractivity contribution in [2.45, 2.75) is 38.9 Å². The molecule has 1 aliphatic heterocycles. The zero-order valence-electron chi connectivity index (χ0n) is 18.8. The van der Waals surface area contributed by atoms with Crippen LogP contribution in [0.15, 0.2) is 78.9 Å². The van der Waals surface area contributed by atoms with Crippen LogP contribution < -0.4 is 5.46 Å². The maximum Gasteiger partial charge on any atom is 0.494 e. The predicted molar refractivity (Wildman–Crippen MR) is 138 cm³/mol. The van der Waals surface area contributed by atoms with Gasteiger partial charge in [-0.1, -0.05) is 66.7 Å². The maximum atomic E-state index is 6.29. The van der Waals surface area contributed by atoms with Gasteiger partial charge in [-0.05, 0) is 72.6 Å². The van der Waals surface area contributed by atoms with Crippen LogP contribution in [0, 0.1) is 0 Å². The van der Waals surface area contributed by atoms with Gasteiger partial charge in [0.15, 0.2) is 0 Å². The Morgan fingerprint density at radius 1 is 0.656 bits per heavy atom. The number of rotatable bonds is 2. The lowest BCUT2D eigenvalue weighted by Crippen LogP contribution is -2.41. The Hall–Kier alpha value is -2.66. The molecular weight excluding hydrogens is 411 g/mol. The molecule has 1 fully saturated rings. The quantitative estimate of drug-likeness (QED) is 0.273. The molecule has 0 amide bonds. The number of fused-ring (bicyclic) bond motifs is 4. The maximum absolute atomic E-state index is 6.29. The molecule has 1 aromatic heterocycles. The smallest absolute Gasteiger partial charge is 0.399 e.